The first-order valence-electron chi connectivity index (χ1n) is 8.01. The molecule has 1 amide bonds. The molecule has 0 bridgehead atoms. The van der Waals surface area contributed by atoms with Crippen LogP contribution in [0.3, 0.4) is 0 Å². The Morgan fingerprint density at radius 3 is 2.96 bits per heavy atom. The van der Waals surface area contributed by atoms with E-state index in [0.29, 0.717) is 35.6 Å². The maximum atomic E-state index is 12.3. The zero-order chi connectivity index (χ0) is 18.8. The first-order chi connectivity index (χ1) is 12.6. The standard InChI is InChI=1S/C18H21N5O2S/c1-3-8-26-18(19)22-10-13-6-5-7-14(9-13)23-17(24)15-11-21-16(12-20-15)25-4-2/h3,5-7,9,11-12H,1,4,8,10H2,2H3,(H2,19,22)(H,23,24). The molecule has 2 rings (SSSR count). The van der Waals surface area contributed by atoms with Crippen molar-refractivity contribution in [2.75, 3.05) is 17.7 Å². The maximum Gasteiger partial charge on any atom is 0.275 e. The molecule has 0 radical (unpaired) electrons. The van der Waals surface area contributed by atoms with Crippen molar-refractivity contribution in [3.05, 3.63) is 60.6 Å². The largest absolute Gasteiger partial charge is 0.477 e. The van der Waals surface area contributed by atoms with Crippen LogP contribution in [0.25, 0.3) is 0 Å². The Hall–Kier alpha value is -2.87. The molecule has 0 atom stereocenters. The van der Waals surface area contributed by atoms with Crippen molar-refractivity contribution < 1.29 is 9.53 Å². The summed E-state index contributed by atoms with van der Waals surface area (Å²) in [7, 11) is 0. The van der Waals surface area contributed by atoms with Gasteiger partial charge in [0, 0.05) is 11.4 Å². The predicted octanol–water partition coefficient (Wildman–Crippen LogP) is 2.86. The molecular weight excluding hydrogens is 350 g/mol. The number of carbonyl (C=O) groups excluding carboxylic acids is 1. The van der Waals surface area contributed by atoms with Crippen molar-refractivity contribution in [1.82, 2.24) is 9.97 Å². The number of aromatic nitrogens is 2. The van der Waals surface area contributed by atoms with Crippen LogP contribution >= 0.6 is 11.8 Å². The van der Waals surface area contributed by atoms with Crippen LogP contribution in [-0.2, 0) is 6.54 Å². The molecule has 136 valence electrons. The van der Waals surface area contributed by atoms with E-state index < -0.39 is 0 Å². The van der Waals surface area contributed by atoms with Gasteiger partial charge < -0.3 is 15.8 Å². The molecule has 0 unspecified atom stereocenters. The maximum absolute atomic E-state index is 12.3. The number of nitrogens with one attached hydrogen (secondary N) is 1. The van der Waals surface area contributed by atoms with Gasteiger partial charge in [0.1, 0.15) is 5.69 Å². The molecule has 2 aromatic rings. The molecule has 0 spiro atoms. The zero-order valence-corrected chi connectivity index (χ0v) is 15.3. The lowest BCUT2D eigenvalue weighted by Gasteiger charge is -2.07. The molecule has 7 nitrogen and oxygen atoms in total. The summed E-state index contributed by atoms with van der Waals surface area (Å²) >= 11 is 1.43. The van der Waals surface area contributed by atoms with Gasteiger partial charge in [-0.2, -0.15) is 0 Å². The van der Waals surface area contributed by atoms with Gasteiger partial charge >= 0.3 is 0 Å². The summed E-state index contributed by atoms with van der Waals surface area (Å²) in [6.07, 6.45) is 4.58. The van der Waals surface area contributed by atoms with Crippen molar-refractivity contribution in [3.8, 4) is 5.88 Å². The quantitative estimate of drug-likeness (QED) is 0.420. The summed E-state index contributed by atoms with van der Waals surface area (Å²) in [5, 5.41) is 3.30. The monoisotopic (exact) mass is 371 g/mol. The normalized spacial score (nSPS) is 11.0. The fourth-order valence-electron chi connectivity index (χ4n) is 1.96. The van der Waals surface area contributed by atoms with Crippen molar-refractivity contribution in [3.63, 3.8) is 0 Å². The van der Waals surface area contributed by atoms with E-state index in [2.05, 4.69) is 26.9 Å². The SMILES string of the molecule is C=CCS/C(N)=N\Cc1cccc(NC(=O)c2cnc(OCC)cn2)c1. The fraction of sp³-hybridized carbons (Fsp3) is 0.222. The summed E-state index contributed by atoms with van der Waals surface area (Å²) in [6.45, 7) is 6.42. The number of benzene rings is 1. The molecule has 1 aromatic carbocycles. The second-order valence-electron chi connectivity index (χ2n) is 5.08. The number of thioether (sulfide) groups is 1. The molecule has 26 heavy (non-hydrogen) atoms. The molecule has 1 aromatic heterocycles. The summed E-state index contributed by atoms with van der Waals surface area (Å²) in [6, 6.07) is 7.40. The Kier molecular flexibility index (Phi) is 7.63. The number of nitrogens with zero attached hydrogens (tertiary/aromatic N) is 3. The smallest absolute Gasteiger partial charge is 0.275 e. The second kappa shape index (κ2) is 10.2. The Morgan fingerprint density at radius 2 is 2.27 bits per heavy atom. The molecule has 8 heteroatoms. The van der Waals surface area contributed by atoms with Crippen molar-refractivity contribution >= 4 is 28.5 Å². The van der Waals surface area contributed by atoms with Crippen LogP contribution in [0.5, 0.6) is 5.88 Å². The Labute approximate surface area is 156 Å². The number of amidine groups is 1. The number of hydrogen-bond donors (Lipinski definition) is 2. The molecule has 0 saturated heterocycles. The molecule has 3 N–H and O–H groups in total. The number of aliphatic imine (C=N–C) groups is 1. The van der Waals surface area contributed by atoms with Crippen LogP contribution in [0.1, 0.15) is 23.0 Å². The van der Waals surface area contributed by atoms with Gasteiger partial charge in [0.2, 0.25) is 5.88 Å². The average molecular weight is 371 g/mol. The van der Waals surface area contributed by atoms with E-state index in [4.69, 9.17) is 10.5 Å². The minimum Gasteiger partial charge on any atom is -0.477 e. The van der Waals surface area contributed by atoms with E-state index >= 15 is 0 Å². The number of anilines is 1. The molecule has 1 heterocycles. The molecule has 0 saturated carbocycles. The van der Waals surface area contributed by atoms with Crippen LogP contribution in [0.15, 0.2) is 54.3 Å². The van der Waals surface area contributed by atoms with Gasteiger partial charge in [0.15, 0.2) is 5.17 Å². The van der Waals surface area contributed by atoms with Crippen LogP contribution in [0.4, 0.5) is 5.69 Å². The predicted molar refractivity (Wildman–Crippen MR) is 106 cm³/mol. The van der Waals surface area contributed by atoms with Gasteiger partial charge in [-0.25, -0.2) is 9.97 Å². The van der Waals surface area contributed by atoms with Crippen LogP contribution in [-0.4, -0.2) is 33.4 Å². The minimum atomic E-state index is -0.345. The van der Waals surface area contributed by atoms with Crippen LogP contribution < -0.4 is 15.8 Å². The van der Waals surface area contributed by atoms with Gasteiger partial charge in [0.05, 0.1) is 25.5 Å². The van der Waals surface area contributed by atoms with E-state index in [-0.39, 0.29) is 11.6 Å². The lowest BCUT2D eigenvalue weighted by atomic mass is 10.2. The van der Waals surface area contributed by atoms with E-state index in [9.17, 15) is 4.79 Å². The number of ether oxygens (including phenoxy) is 1. The third kappa shape index (κ3) is 6.21. The van der Waals surface area contributed by atoms with Crippen molar-refractivity contribution in [1.29, 1.82) is 0 Å². The average Bonchev–Trinajstić information content (AvgIpc) is 2.66. The number of rotatable bonds is 8. The van der Waals surface area contributed by atoms with Gasteiger partial charge in [-0.15, -0.1) is 6.58 Å². The van der Waals surface area contributed by atoms with Crippen LogP contribution in [0.2, 0.25) is 0 Å². The summed E-state index contributed by atoms with van der Waals surface area (Å²) < 4.78 is 5.21. The van der Waals surface area contributed by atoms with Gasteiger partial charge in [0.25, 0.3) is 5.91 Å². The highest BCUT2D eigenvalue weighted by molar-refractivity contribution is 8.13. The second-order valence-corrected chi connectivity index (χ2v) is 6.12. The summed E-state index contributed by atoms with van der Waals surface area (Å²) in [5.41, 5.74) is 7.60. The minimum absolute atomic E-state index is 0.210. The lowest BCUT2D eigenvalue weighted by molar-refractivity contribution is 0.102. The zero-order valence-electron chi connectivity index (χ0n) is 14.5. The van der Waals surface area contributed by atoms with E-state index in [1.165, 1.54) is 24.2 Å². The number of carbonyl (C=O) groups is 1. The molecule has 0 aliphatic carbocycles. The van der Waals surface area contributed by atoms with Gasteiger partial charge in [-0.05, 0) is 24.6 Å². The first kappa shape index (κ1) is 19.5. The Balaban J connectivity index is 1.98. The number of amides is 1. The molecule has 0 fully saturated rings. The number of nitrogens with two attached hydrogens (primary N) is 1. The Morgan fingerprint density at radius 1 is 1.42 bits per heavy atom. The van der Waals surface area contributed by atoms with Crippen molar-refractivity contribution in [2.45, 2.75) is 13.5 Å². The molecule has 0 aliphatic heterocycles. The fourth-order valence-corrected chi connectivity index (χ4v) is 2.40. The highest BCUT2D eigenvalue weighted by Crippen LogP contribution is 2.14. The van der Waals surface area contributed by atoms with E-state index in [1.807, 2.05) is 25.1 Å². The lowest BCUT2D eigenvalue weighted by Crippen LogP contribution is -2.14. The van der Waals surface area contributed by atoms with Crippen LogP contribution in [0, 0.1) is 0 Å². The first-order valence-corrected chi connectivity index (χ1v) is 8.99. The molecule has 0 aliphatic rings. The third-order valence-electron chi connectivity index (χ3n) is 3.10. The molecular formula is C18H21N5O2S. The van der Waals surface area contributed by atoms with Gasteiger partial charge in [-0.3, -0.25) is 9.79 Å². The van der Waals surface area contributed by atoms with Crippen molar-refractivity contribution in [2.24, 2.45) is 10.7 Å². The summed E-state index contributed by atoms with van der Waals surface area (Å²) in [5.74, 6) is 0.757. The summed E-state index contributed by atoms with van der Waals surface area (Å²) in [4.78, 5) is 24.7. The third-order valence-corrected chi connectivity index (χ3v) is 3.93. The number of hydrogen-bond acceptors (Lipinski definition) is 6. The van der Waals surface area contributed by atoms with Gasteiger partial charge in [-0.1, -0.05) is 30.0 Å². The van der Waals surface area contributed by atoms with E-state index in [1.54, 1.807) is 12.1 Å². The highest BCUT2D eigenvalue weighted by atomic mass is 32.2. The van der Waals surface area contributed by atoms with E-state index in [0.717, 1.165) is 5.56 Å². The Bertz CT molecular complexity index is 777. The topological polar surface area (TPSA) is 102 Å². The highest BCUT2D eigenvalue weighted by Gasteiger charge is 2.09.